The molecular formula is C14H17N3O2. The third-order valence-corrected chi connectivity index (χ3v) is 2.74. The summed E-state index contributed by atoms with van der Waals surface area (Å²) in [6, 6.07) is 9.28. The van der Waals surface area contributed by atoms with Gasteiger partial charge in [0.2, 0.25) is 0 Å². The number of amides is 1. The third-order valence-electron chi connectivity index (χ3n) is 2.74. The van der Waals surface area contributed by atoms with E-state index in [1.165, 1.54) is 0 Å². The molecule has 0 radical (unpaired) electrons. The number of nitrogens with zero attached hydrogens (tertiary/aromatic N) is 1. The van der Waals surface area contributed by atoms with Crippen molar-refractivity contribution in [3.8, 4) is 17.0 Å². The van der Waals surface area contributed by atoms with Gasteiger partial charge in [-0.05, 0) is 36.8 Å². The van der Waals surface area contributed by atoms with Crippen molar-refractivity contribution in [3.05, 3.63) is 36.0 Å². The van der Waals surface area contributed by atoms with Gasteiger partial charge in [-0.2, -0.15) is 5.10 Å². The van der Waals surface area contributed by atoms with E-state index < -0.39 is 0 Å². The summed E-state index contributed by atoms with van der Waals surface area (Å²) in [6.07, 6.45) is 0.908. The van der Waals surface area contributed by atoms with E-state index in [0.29, 0.717) is 12.2 Å². The summed E-state index contributed by atoms with van der Waals surface area (Å²) < 4.78 is 5.10. The van der Waals surface area contributed by atoms with Crippen LogP contribution in [0.15, 0.2) is 30.3 Å². The first-order valence-corrected chi connectivity index (χ1v) is 6.22. The Kier molecular flexibility index (Phi) is 4.18. The largest absolute Gasteiger partial charge is 0.497 e. The minimum Gasteiger partial charge on any atom is -0.497 e. The van der Waals surface area contributed by atoms with Crippen LogP contribution >= 0.6 is 0 Å². The molecule has 19 heavy (non-hydrogen) atoms. The number of carbonyl (C=O) groups excluding carboxylic acids is 1. The Labute approximate surface area is 112 Å². The van der Waals surface area contributed by atoms with Crippen LogP contribution in [-0.4, -0.2) is 29.8 Å². The highest BCUT2D eigenvalue weighted by Crippen LogP contribution is 2.20. The van der Waals surface area contributed by atoms with Gasteiger partial charge in [0.1, 0.15) is 11.4 Å². The van der Waals surface area contributed by atoms with E-state index in [-0.39, 0.29) is 5.91 Å². The van der Waals surface area contributed by atoms with E-state index in [0.717, 1.165) is 23.4 Å². The van der Waals surface area contributed by atoms with E-state index in [2.05, 4.69) is 15.5 Å². The van der Waals surface area contributed by atoms with Crippen molar-refractivity contribution in [2.45, 2.75) is 13.3 Å². The van der Waals surface area contributed by atoms with E-state index in [1.807, 2.05) is 31.2 Å². The van der Waals surface area contributed by atoms with Gasteiger partial charge >= 0.3 is 0 Å². The fraction of sp³-hybridized carbons (Fsp3) is 0.286. The van der Waals surface area contributed by atoms with E-state index in [9.17, 15) is 4.79 Å². The summed E-state index contributed by atoms with van der Waals surface area (Å²) in [5.41, 5.74) is 2.15. The molecule has 5 heteroatoms. The lowest BCUT2D eigenvalue weighted by Gasteiger charge is -2.00. The molecule has 0 spiro atoms. The van der Waals surface area contributed by atoms with Crippen molar-refractivity contribution < 1.29 is 9.53 Å². The van der Waals surface area contributed by atoms with Crippen LogP contribution in [0, 0.1) is 0 Å². The molecule has 100 valence electrons. The lowest BCUT2D eigenvalue weighted by Crippen LogP contribution is -2.24. The molecule has 2 N–H and O–H groups in total. The number of aromatic nitrogens is 2. The molecule has 1 heterocycles. The highest BCUT2D eigenvalue weighted by atomic mass is 16.5. The van der Waals surface area contributed by atoms with Crippen LogP contribution in [0.5, 0.6) is 5.75 Å². The van der Waals surface area contributed by atoms with Crippen LogP contribution in [0.2, 0.25) is 0 Å². The topological polar surface area (TPSA) is 67.0 Å². The molecule has 2 aromatic rings. The van der Waals surface area contributed by atoms with Crippen molar-refractivity contribution >= 4 is 5.91 Å². The Morgan fingerprint density at radius 2 is 2.11 bits per heavy atom. The molecule has 1 amide bonds. The smallest absolute Gasteiger partial charge is 0.269 e. The van der Waals surface area contributed by atoms with Gasteiger partial charge < -0.3 is 10.1 Å². The number of ether oxygens (including phenoxy) is 1. The second-order valence-electron chi connectivity index (χ2n) is 4.15. The summed E-state index contributed by atoms with van der Waals surface area (Å²) in [6.45, 7) is 2.67. The van der Waals surface area contributed by atoms with E-state index in [4.69, 9.17) is 4.74 Å². The standard InChI is InChI=1S/C14H17N3O2/c1-3-8-15-14(18)13-9-12(16-17-13)10-4-6-11(19-2)7-5-10/h4-7,9H,3,8H2,1-2H3,(H,15,18)(H,16,17). The molecule has 1 aromatic carbocycles. The number of H-pyrrole nitrogens is 1. The average Bonchev–Trinajstić information content (AvgIpc) is 2.94. The predicted octanol–water partition coefficient (Wildman–Crippen LogP) is 2.23. The van der Waals surface area contributed by atoms with E-state index in [1.54, 1.807) is 13.2 Å². The summed E-state index contributed by atoms with van der Waals surface area (Å²) in [5, 5.41) is 9.69. The van der Waals surface area contributed by atoms with Gasteiger partial charge in [0.05, 0.1) is 12.8 Å². The van der Waals surface area contributed by atoms with Crippen LogP contribution in [0.3, 0.4) is 0 Å². The monoisotopic (exact) mass is 259 g/mol. The normalized spacial score (nSPS) is 10.2. The van der Waals surface area contributed by atoms with Crippen LogP contribution in [0.25, 0.3) is 11.3 Å². The molecule has 1 aromatic heterocycles. The number of hydrogen-bond acceptors (Lipinski definition) is 3. The highest BCUT2D eigenvalue weighted by molar-refractivity contribution is 5.93. The lowest BCUT2D eigenvalue weighted by molar-refractivity contribution is 0.0948. The second-order valence-corrected chi connectivity index (χ2v) is 4.15. The Morgan fingerprint density at radius 1 is 1.37 bits per heavy atom. The molecule has 5 nitrogen and oxygen atoms in total. The molecule has 0 bridgehead atoms. The minimum atomic E-state index is -0.130. The van der Waals surface area contributed by atoms with Gasteiger partial charge in [-0.25, -0.2) is 0 Å². The van der Waals surface area contributed by atoms with Gasteiger partial charge in [0.25, 0.3) is 5.91 Å². The zero-order chi connectivity index (χ0) is 13.7. The van der Waals surface area contributed by atoms with Crippen molar-refractivity contribution in [3.63, 3.8) is 0 Å². The summed E-state index contributed by atoms with van der Waals surface area (Å²) in [5.74, 6) is 0.661. The van der Waals surface area contributed by atoms with Crippen LogP contribution < -0.4 is 10.1 Å². The molecule has 2 rings (SSSR count). The maximum absolute atomic E-state index is 11.7. The van der Waals surface area contributed by atoms with Crippen LogP contribution in [0.4, 0.5) is 0 Å². The highest BCUT2D eigenvalue weighted by Gasteiger charge is 2.10. The molecule has 0 atom stereocenters. The Hall–Kier alpha value is -2.30. The Balaban J connectivity index is 2.13. The van der Waals surface area contributed by atoms with Crippen molar-refractivity contribution in [2.24, 2.45) is 0 Å². The van der Waals surface area contributed by atoms with Crippen LogP contribution in [-0.2, 0) is 0 Å². The van der Waals surface area contributed by atoms with Gasteiger partial charge in [0.15, 0.2) is 0 Å². The van der Waals surface area contributed by atoms with Gasteiger partial charge in [0, 0.05) is 12.1 Å². The van der Waals surface area contributed by atoms with Gasteiger partial charge in [-0.15, -0.1) is 0 Å². The van der Waals surface area contributed by atoms with Gasteiger partial charge in [-0.1, -0.05) is 6.92 Å². The maximum Gasteiger partial charge on any atom is 0.269 e. The number of hydrogen-bond donors (Lipinski definition) is 2. The molecule has 0 fully saturated rings. The second kappa shape index (κ2) is 6.04. The predicted molar refractivity (Wildman–Crippen MR) is 73.2 cm³/mol. The first kappa shape index (κ1) is 13.1. The van der Waals surface area contributed by atoms with Crippen molar-refractivity contribution in [2.75, 3.05) is 13.7 Å². The summed E-state index contributed by atoms with van der Waals surface area (Å²) >= 11 is 0. The quantitative estimate of drug-likeness (QED) is 0.865. The number of benzene rings is 1. The van der Waals surface area contributed by atoms with E-state index >= 15 is 0 Å². The SMILES string of the molecule is CCCNC(=O)c1cc(-c2ccc(OC)cc2)n[nH]1. The molecule has 0 saturated carbocycles. The zero-order valence-corrected chi connectivity index (χ0v) is 11.1. The third kappa shape index (κ3) is 3.13. The Morgan fingerprint density at radius 3 is 2.74 bits per heavy atom. The molecule has 0 saturated heterocycles. The fourth-order valence-corrected chi connectivity index (χ4v) is 1.68. The summed E-state index contributed by atoms with van der Waals surface area (Å²) in [7, 11) is 1.62. The van der Waals surface area contributed by atoms with Crippen molar-refractivity contribution in [1.29, 1.82) is 0 Å². The number of aromatic amines is 1. The number of carbonyl (C=O) groups is 1. The number of rotatable bonds is 5. The zero-order valence-electron chi connectivity index (χ0n) is 11.1. The van der Waals surface area contributed by atoms with Crippen LogP contribution in [0.1, 0.15) is 23.8 Å². The molecular weight excluding hydrogens is 242 g/mol. The summed E-state index contributed by atoms with van der Waals surface area (Å²) in [4.78, 5) is 11.7. The molecule has 0 unspecified atom stereocenters. The Bertz CT molecular complexity index is 546. The fourth-order valence-electron chi connectivity index (χ4n) is 1.68. The first-order valence-electron chi connectivity index (χ1n) is 6.22. The average molecular weight is 259 g/mol. The minimum absolute atomic E-state index is 0.130. The number of methoxy groups -OCH3 is 1. The number of nitrogens with one attached hydrogen (secondary N) is 2. The molecule has 0 aliphatic rings. The maximum atomic E-state index is 11.7. The molecule has 0 aliphatic carbocycles. The molecule has 0 aliphatic heterocycles. The lowest BCUT2D eigenvalue weighted by atomic mass is 10.1. The van der Waals surface area contributed by atoms with Gasteiger partial charge in [-0.3, -0.25) is 9.89 Å². The van der Waals surface area contributed by atoms with Crippen molar-refractivity contribution in [1.82, 2.24) is 15.5 Å². The first-order chi connectivity index (χ1) is 9.24.